The molecule has 1 aliphatic heterocycles. The van der Waals surface area contributed by atoms with Crippen molar-refractivity contribution in [1.29, 1.82) is 0 Å². The molecule has 0 unspecified atom stereocenters. The zero-order chi connectivity index (χ0) is 17.8. The van der Waals surface area contributed by atoms with Crippen molar-refractivity contribution in [1.82, 2.24) is 0 Å². The summed E-state index contributed by atoms with van der Waals surface area (Å²) in [5.41, 5.74) is 1.89. The van der Waals surface area contributed by atoms with Crippen molar-refractivity contribution >= 4 is 52.1 Å². The number of anilines is 2. The van der Waals surface area contributed by atoms with Crippen LogP contribution in [0.4, 0.5) is 11.4 Å². The molecule has 1 heterocycles. The first-order valence-corrected chi connectivity index (χ1v) is 9.08. The van der Waals surface area contributed by atoms with Crippen LogP contribution in [0.1, 0.15) is 12.8 Å². The highest BCUT2D eigenvalue weighted by Gasteiger charge is 2.13. The molecule has 7 heteroatoms. The zero-order valence-electron chi connectivity index (χ0n) is 13.4. The molecule has 4 nitrogen and oxygen atoms in total. The number of halogens is 3. The lowest BCUT2D eigenvalue weighted by Gasteiger charge is -2.17. The molecule has 0 radical (unpaired) electrons. The maximum Gasteiger partial charge on any atom is 0.262 e. The minimum Gasteiger partial charge on any atom is -0.482 e. The van der Waals surface area contributed by atoms with Gasteiger partial charge in [-0.15, -0.1) is 0 Å². The largest absolute Gasteiger partial charge is 0.482 e. The second-order valence-corrected chi connectivity index (χ2v) is 7.00. The summed E-state index contributed by atoms with van der Waals surface area (Å²) >= 11 is 17.8. The van der Waals surface area contributed by atoms with Crippen molar-refractivity contribution in [2.45, 2.75) is 12.8 Å². The van der Waals surface area contributed by atoms with Crippen molar-refractivity contribution in [2.75, 3.05) is 29.9 Å². The Morgan fingerprint density at radius 2 is 1.64 bits per heavy atom. The van der Waals surface area contributed by atoms with E-state index in [-0.39, 0.29) is 12.5 Å². The molecule has 132 valence electrons. The van der Waals surface area contributed by atoms with Gasteiger partial charge in [0, 0.05) is 30.5 Å². The molecule has 1 N–H and O–H groups in total. The lowest BCUT2D eigenvalue weighted by molar-refractivity contribution is -0.118. The van der Waals surface area contributed by atoms with Crippen LogP contribution in [0.3, 0.4) is 0 Å². The highest BCUT2D eigenvalue weighted by atomic mass is 35.5. The van der Waals surface area contributed by atoms with Crippen LogP contribution in [0.5, 0.6) is 5.75 Å². The molecule has 0 atom stereocenters. The van der Waals surface area contributed by atoms with Crippen molar-refractivity contribution in [3.05, 3.63) is 51.5 Å². The smallest absolute Gasteiger partial charge is 0.262 e. The van der Waals surface area contributed by atoms with Crippen molar-refractivity contribution in [3.63, 3.8) is 0 Å². The van der Waals surface area contributed by atoms with Gasteiger partial charge in [-0.25, -0.2) is 0 Å². The van der Waals surface area contributed by atoms with E-state index in [0.29, 0.717) is 20.8 Å². The van der Waals surface area contributed by atoms with Gasteiger partial charge in [0.15, 0.2) is 6.61 Å². The monoisotopic (exact) mass is 398 g/mol. The first kappa shape index (κ1) is 18.2. The highest BCUT2D eigenvalue weighted by Crippen LogP contribution is 2.33. The third-order valence-corrected chi connectivity index (χ3v) is 4.97. The van der Waals surface area contributed by atoms with E-state index in [1.165, 1.54) is 30.7 Å². The second-order valence-electron chi connectivity index (χ2n) is 5.77. The van der Waals surface area contributed by atoms with E-state index < -0.39 is 0 Å². The number of hydrogen-bond donors (Lipinski definition) is 1. The molecule has 2 aromatic rings. The van der Waals surface area contributed by atoms with E-state index in [9.17, 15) is 4.79 Å². The average Bonchev–Trinajstić information content (AvgIpc) is 3.12. The fourth-order valence-corrected chi connectivity index (χ4v) is 3.28. The van der Waals surface area contributed by atoms with E-state index in [1.807, 2.05) is 24.3 Å². The first-order chi connectivity index (χ1) is 12.0. The number of carbonyl (C=O) groups is 1. The Bertz CT molecular complexity index is 760. The maximum absolute atomic E-state index is 12.0. The van der Waals surface area contributed by atoms with Crippen LogP contribution in [0.25, 0.3) is 0 Å². The molecule has 25 heavy (non-hydrogen) atoms. The molecule has 0 aromatic heterocycles. The van der Waals surface area contributed by atoms with Crippen LogP contribution in [0, 0.1) is 0 Å². The number of benzene rings is 2. The van der Waals surface area contributed by atoms with E-state index in [4.69, 9.17) is 39.5 Å². The average molecular weight is 400 g/mol. The van der Waals surface area contributed by atoms with Crippen LogP contribution in [0.15, 0.2) is 36.4 Å². The fourth-order valence-electron chi connectivity index (χ4n) is 2.69. The van der Waals surface area contributed by atoms with Gasteiger partial charge in [-0.3, -0.25) is 4.79 Å². The molecular formula is C18H17Cl3N2O2. The standard InChI is InChI=1S/C18H17Cl3N2O2/c19-14-9-16(21)17(10-15(14)20)25-11-18(24)22-12-3-5-13(6-4-12)23-7-1-2-8-23/h3-6,9-10H,1-2,7-8,11H2,(H,22,24). The fraction of sp³-hybridized carbons (Fsp3) is 0.278. The van der Waals surface area contributed by atoms with Gasteiger partial charge in [0.05, 0.1) is 15.1 Å². The molecule has 0 bridgehead atoms. The van der Waals surface area contributed by atoms with E-state index >= 15 is 0 Å². The molecule has 1 fully saturated rings. The second kappa shape index (κ2) is 8.17. The Kier molecular flexibility index (Phi) is 5.94. The lowest BCUT2D eigenvalue weighted by atomic mass is 10.2. The summed E-state index contributed by atoms with van der Waals surface area (Å²) < 4.78 is 5.42. The van der Waals surface area contributed by atoms with Gasteiger partial charge in [-0.05, 0) is 43.2 Å². The minimum absolute atomic E-state index is 0.175. The van der Waals surface area contributed by atoms with Crippen molar-refractivity contribution < 1.29 is 9.53 Å². The van der Waals surface area contributed by atoms with Gasteiger partial charge in [-0.2, -0.15) is 0 Å². The van der Waals surface area contributed by atoms with Gasteiger partial charge in [0.25, 0.3) is 5.91 Å². The van der Waals surface area contributed by atoms with E-state index in [2.05, 4.69) is 10.2 Å². The van der Waals surface area contributed by atoms with Gasteiger partial charge in [-0.1, -0.05) is 34.8 Å². The topological polar surface area (TPSA) is 41.6 Å². The summed E-state index contributed by atoms with van der Waals surface area (Å²) in [6, 6.07) is 10.8. The van der Waals surface area contributed by atoms with Crippen molar-refractivity contribution in [2.24, 2.45) is 0 Å². The molecule has 2 aromatic carbocycles. The molecule has 0 saturated carbocycles. The number of carbonyl (C=O) groups excluding carboxylic acids is 1. The summed E-state index contributed by atoms with van der Waals surface area (Å²) in [6.07, 6.45) is 2.46. The molecule has 1 aliphatic rings. The van der Waals surface area contributed by atoms with E-state index in [1.54, 1.807) is 0 Å². The number of nitrogens with zero attached hydrogens (tertiary/aromatic N) is 1. The van der Waals surface area contributed by atoms with Gasteiger partial charge in [0.1, 0.15) is 5.75 Å². The summed E-state index contributed by atoms with van der Waals surface area (Å²) in [4.78, 5) is 14.4. The molecule has 1 amide bonds. The number of nitrogens with one attached hydrogen (secondary N) is 1. The number of rotatable bonds is 5. The van der Waals surface area contributed by atoms with Crippen LogP contribution < -0.4 is 15.0 Å². The zero-order valence-corrected chi connectivity index (χ0v) is 15.7. The third-order valence-electron chi connectivity index (χ3n) is 3.96. The Hall–Kier alpha value is -1.62. The van der Waals surface area contributed by atoms with Crippen LogP contribution in [0.2, 0.25) is 15.1 Å². The molecule has 3 rings (SSSR count). The molecular weight excluding hydrogens is 383 g/mol. The van der Waals surface area contributed by atoms with Gasteiger partial charge in [0.2, 0.25) is 0 Å². The highest BCUT2D eigenvalue weighted by molar-refractivity contribution is 6.43. The summed E-state index contributed by atoms with van der Waals surface area (Å²) in [7, 11) is 0. The normalized spacial score (nSPS) is 13.8. The van der Waals surface area contributed by atoms with Crippen molar-refractivity contribution in [3.8, 4) is 5.75 Å². The Morgan fingerprint density at radius 1 is 1.00 bits per heavy atom. The maximum atomic E-state index is 12.0. The third kappa shape index (κ3) is 4.72. The molecule has 1 saturated heterocycles. The van der Waals surface area contributed by atoms with Crippen LogP contribution >= 0.6 is 34.8 Å². The summed E-state index contributed by atoms with van der Waals surface area (Å²) in [5.74, 6) is 0.0339. The van der Waals surface area contributed by atoms with Crippen LogP contribution in [-0.2, 0) is 4.79 Å². The SMILES string of the molecule is O=C(COc1cc(Cl)c(Cl)cc1Cl)Nc1ccc(N2CCCC2)cc1. The predicted octanol–water partition coefficient (Wildman–Crippen LogP) is 5.26. The number of ether oxygens (including phenoxy) is 1. The predicted molar refractivity (Wildman–Crippen MR) is 103 cm³/mol. The van der Waals surface area contributed by atoms with Gasteiger partial charge >= 0.3 is 0 Å². The van der Waals surface area contributed by atoms with Crippen LogP contribution in [-0.4, -0.2) is 25.6 Å². The minimum atomic E-state index is -0.281. The molecule has 0 spiro atoms. The Labute approximate surface area is 161 Å². The Balaban J connectivity index is 1.55. The number of hydrogen-bond acceptors (Lipinski definition) is 3. The quantitative estimate of drug-likeness (QED) is 0.697. The Morgan fingerprint density at radius 3 is 2.32 bits per heavy atom. The summed E-state index contributed by atoms with van der Waals surface area (Å²) in [5, 5.41) is 3.75. The van der Waals surface area contributed by atoms with Gasteiger partial charge < -0.3 is 15.0 Å². The lowest BCUT2D eigenvalue weighted by Crippen LogP contribution is -2.20. The van der Waals surface area contributed by atoms with E-state index in [0.717, 1.165) is 18.8 Å². The first-order valence-electron chi connectivity index (χ1n) is 7.95. The molecule has 0 aliphatic carbocycles. The number of amides is 1. The summed E-state index contributed by atoms with van der Waals surface area (Å²) in [6.45, 7) is 2.00.